The van der Waals surface area contributed by atoms with Crippen LogP contribution in [-0.4, -0.2) is 29.7 Å². The Labute approximate surface area is 187 Å². The molecule has 11 heteroatoms. The number of nitrogens with zero attached hydrogens (tertiary/aromatic N) is 6. The fourth-order valence-electron chi connectivity index (χ4n) is 2.84. The summed E-state index contributed by atoms with van der Waals surface area (Å²) in [5.41, 5.74) is 7.41. The molecule has 4 rings (SSSR count). The molecule has 0 spiro atoms. The number of nitrogen functional groups attached to an aromatic ring is 1. The van der Waals surface area contributed by atoms with E-state index in [2.05, 4.69) is 30.5 Å². The molecule has 0 bridgehead atoms. The number of rotatable bonds is 7. The topological polar surface area (TPSA) is 107 Å². The van der Waals surface area contributed by atoms with Gasteiger partial charge in [0.05, 0.1) is 5.75 Å². The number of nitrogens with two attached hydrogens (primary N) is 1. The Morgan fingerprint density at radius 3 is 2.48 bits per heavy atom. The third-order valence-corrected chi connectivity index (χ3v) is 5.48. The van der Waals surface area contributed by atoms with Crippen molar-refractivity contribution in [2.45, 2.75) is 24.4 Å². The van der Waals surface area contributed by atoms with E-state index in [0.29, 0.717) is 28.8 Å². The average Bonchev–Trinajstić information content (AvgIpc) is 3.17. The van der Waals surface area contributed by atoms with Crippen molar-refractivity contribution >= 4 is 40.9 Å². The Hall–Kier alpha value is -3.24. The lowest BCUT2D eigenvalue weighted by molar-refractivity contribution is 0.628. The molecule has 0 aliphatic rings. The predicted octanol–water partition coefficient (Wildman–Crippen LogP) is 4.56. The van der Waals surface area contributed by atoms with Gasteiger partial charge in [0.2, 0.25) is 11.9 Å². The number of hydrogen-bond donors (Lipinski definition) is 2. The third-order valence-electron chi connectivity index (χ3n) is 4.27. The third kappa shape index (κ3) is 5.09. The summed E-state index contributed by atoms with van der Waals surface area (Å²) in [4.78, 5) is 12.7. The van der Waals surface area contributed by atoms with Crippen molar-refractivity contribution in [3.63, 3.8) is 0 Å². The van der Waals surface area contributed by atoms with E-state index in [1.54, 1.807) is 12.1 Å². The van der Waals surface area contributed by atoms with E-state index < -0.39 is 0 Å². The molecular weight excluding hydrogens is 439 g/mol. The first-order chi connectivity index (χ1) is 15.0. The van der Waals surface area contributed by atoms with Gasteiger partial charge in [-0.3, -0.25) is 0 Å². The summed E-state index contributed by atoms with van der Waals surface area (Å²) in [6.07, 6.45) is 0. The first kappa shape index (κ1) is 21.0. The number of aromatic nitrogens is 6. The van der Waals surface area contributed by atoms with Gasteiger partial charge in [0, 0.05) is 22.8 Å². The molecule has 158 valence electrons. The largest absolute Gasteiger partial charge is 0.368 e. The quantitative estimate of drug-likeness (QED) is 0.389. The van der Waals surface area contributed by atoms with E-state index in [1.807, 2.05) is 35.8 Å². The number of halogens is 2. The van der Waals surface area contributed by atoms with Gasteiger partial charge in [0.25, 0.3) is 0 Å². The zero-order valence-electron chi connectivity index (χ0n) is 16.5. The Morgan fingerprint density at radius 1 is 1.03 bits per heavy atom. The predicted molar refractivity (Wildman–Crippen MR) is 120 cm³/mol. The molecule has 0 aliphatic heterocycles. The smallest absolute Gasteiger partial charge is 0.232 e. The maximum absolute atomic E-state index is 13.1. The van der Waals surface area contributed by atoms with E-state index in [1.165, 1.54) is 23.9 Å². The van der Waals surface area contributed by atoms with Gasteiger partial charge < -0.3 is 15.6 Å². The zero-order chi connectivity index (χ0) is 21.8. The maximum atomic E-state index is 13.1. The highest BCUT2D eigenvalue weighted by atomic mass is 35.5. The lowest BCUT2D eigenvalue weighted by Crippen LogP contribution is -2.07. The second-order valence-electron chi connectivity index (χ2n) is 6.41. The van der Waals surface area contributed by atoms with Gasteiger partial charge in [-0.15, -0.1) is 10.2 Å². The number of anilines is 3. The molecule has 2 heterocycles. The summed E-state index contributed by atoms with van der Waals surface area (Å²) < 4.78 is 15.1. The van der Waals surface area contributed by atoms with Crippen LogP contribution in [0.15, 0.2) is 53.7 Å². The SMILES string of the molecule is CCn1c(SCc2nc(N)nc(Nc3ccc(F)cc3)n2)nnc1-c1ccc(Cl)cc1. The monoisotopic (exact) mass is 456 g/mol. The summed E-state index contributed by atoms with van der Waals surface area (Å²) in [5.74, 6) is 1.72. The summed E-state index contributed by atoms with van der Waals surface area (Å²) in [7, 11) is 0. The van der Waals surface area contributed by atoms with Crippen LogP contribution in [-0.2, 0) is 12.3 Å². The van der Waals surface area contributed by atoms with Gasteiger partial charge >= 0.3 is 0 Å². The second kappa shape index (κ2) is 9.27. The van der Waals surface area contributed by atoms with Crippen molar-refractivity contribution < 1.29 is 4.39 Å². The van der Waals surface area contributed by atoms with Crippen LogP contribution in [0.5, 0.6) is 0 Å². The Kier molecular flexibility index (Phi) is 6.28. The van der Waals surface area contributed by atoms with Crippen molar-refractivity contribution in [1.29, 1.82) is 0 Å². The molecule has 0 radical (unpaired) electrons. The van der Waals surface area contributed by atoms with E-state index >= 15 is 0 Å². The van der Waals surface area contributed by atoms with Gasteiger partial charge in [0.15, 0.2) is 11.0 Å². The Morgan fingerprint density at radius 2 is 1.77 bits per heavy atom. The van der Waals surface area contributed by atoms with Crippen molar-refractivity contribution in [2.24, 2.45) is 0 Å². The minimum absolute atomic E-state index is 0.0917. The first-order valence-electron chi connectivity index (χ1n) is 9.37. The van der Waals surface area contributed by atoms with Crippen LogP contribution >= 0.6 is 23.4 Å². The molecule has 31 heavy (non-hydrogen) atoms. The van der Waals surface area contributed by atoms with Gasteiger partial charge in [-0.25, -0.2) is 4.39 Å². The maximum Gasteiger partial charge on any atom is 0.232 e. The molecule has 0 saturated carbocycles. The highest BCUT2D eigenvalue weighted by molar-refractivity contribution is 7.98. The standard InChI is InChI=1S/C20H18ClFN8S/c1-2-30-17(12-3-5-13(21)6-4-12)28-29-20(30)31-11-16-25-18(23)27-19(26-16)24-15-9-7-14(22)8-10-15/h3-10H,2,11H2,1H3,(H3,23,24,25,26,27). The van der Waals surface area contributed by atoms with Gasteiger partial charge in [-0.1, -0.05) is 23.4 Å². The molecule has 3 N–H and O–H groups in total. The van der Waals surface area contributed by atoms with Crippen LogP contribution in [0.4, 0.5) is 22.0 Å². The van der Waals surface area contributed by atoms with E-state index in [9.17, 15) is 4.39 Å². The number of thioether (sulfide) groups is 1. The van der Waals surface area contributed by atoms with Crippen molar-refractivity contribution in [3.05, 3.63) is 65.2 Å². The number of hydrogen-bond acceptors (Lipinski definition) is 8. The molecule has 0 fully saturated rings. The van der Waals surface area contributed by atoms with Gasteiger partial charge in [0.1, 0.15) is 11.6 Å². The molecule has 2 aromatic carbocycles. The zero-order valence-corrected chi connectivity index (χ0v) is 18.0. The fraction of sp³-hybridized carbons (Fsp3) is 0.150. The van der Waals surface area contributed by atoms with E-state index in [0.717, 1.165) is 16.5 Å². The number of benzene rings is 2. The highest BCUT2D eigenvalue weighted by Crippen LogP contribution is 2.27. The minimum atomic E-state index is -0.323. The van der Waals surface area contributed by atoms with Crippen molar-refractivity contribution in [2.75, 3.05) is 11.1 Å². The van der Waals surface area contributed by atoms with Crippen molar-refractivity contribution in [1.82, 2.24) is 29.7 Å². The first-order valence-corrected chi connectivity index (χ1v) is 10.7. The van der Waals surface area contributed by atoms with Crippen LogP contribution in [0.1, 0.15) is 12.7 Å². The van der Waals surface area contributed by atoms with E-state index in [4.69, 9.17) is 17.3 Å². The summed E-state index contributed by atoms with van der Waals surface area (Å²) in [6, 6.07) is 13.3. The van der Waals surface area contributed by atoms with Crippen LogP contribution in [0.2, 0.25) is 5.02 Å². The summed E-state index contributed by atoms with van der Waals surface area (Å²) in [5, 5.41) is 13.0. The Balaban J connectivity index is 1.51. The molecule has 0 amide bonds. The van der Waals surface area contributed by atoms with Crippen LogP contribution in [0.25, 0.3) is 11.4 Å². The van der Waals surface area contributed by atoms with Gasteiger partial charge in [-0.2, -0.15) is 15.0 Å². The normalized spacial score (nSPS) is 10.9. The van der Waals surface area contributed by atoms with Crippen LogP contribution in [0, 0.1) is 5.82 Å². The summed E-state index contributed by atoms with van der Waals surface area (Å²) in [6.45, 7) is 2.72. The molecule has 0 aliphatic carbocycles. The van der Waals surface area contributed by atoms with Crippen LogP contribution < -0.4 is 11.1 Å². The molecule has 2 aromatic heterocycles. The summed E-state index contributed by atoms with van der Waals surface area (Å²) >= 11 is 7.43. The highest BCUT2D eigenvalue weighted by Gasteiger charge is 2.14. The van der Waals surface area contributed by atoms with Gasteiger partial charge in [-0.05, 0) is 55.5 Å². The average molecular weight is 457 g/mol. The molecular formula is C20H18ClFN8S. The number of nitrogens with one attached hydrogen (secondary N) is 1. The molecule has 0 unspecified atom stereocenters. The second-order valence-corrected chi connectivity index (χ2v) is 7.79. The Bertz CT molecular complexity index is 1180. The fourth-order valence-corrected chi connectivity index (χ4v) is 3.83. The van der Waals surface area contributed by atoms with Crippen molar-refractivity contribution in [3.8, 4) is 11.4 Å². The lowest BCUT2D eigenvalue weighted by Gasteiger charge is -2.09. The van der Waals surface area contributed by atoms with Crippen LogP contribution in [0.3, 0.4) is 0 Å². The van der Waals surface area contributed by atoms with E-state index in [-0.39, 0.29) is 17.7 Å². The lowest BCUT2D eigenvalue weighted by atomic mass is 10.2. The molecule has 8 nitrogen and oxygen atoms in total. The molecule has 0 saturated heterocycles. The molecule has 0 atom stereocenters. The molecule has 4 aromatic rings. The minimum Gasteiger partial charge on any atom is -0.368 e.